The van der Waals surface area contributed by atoms with Gasteiger partial charge < -0.3 is 0 Å². The van der Waals surface area contributed by atoms with E-state index in [2.05, 4.69) is 31.0 Å². The number of halogens is 2. The van der Waals surface area contributed by atoms with Crippen molar-refractivity contribution in [1.82, 2.24) is 19.7 Å². The highest BCUT2D eigenvalue weighted by Crippen LogP contribution is 2.31. The number of aromatic nitrogens is 4. The summed E-state index contributed by atoms with van der Waals surface area (Å²) in [6, 6.07) is 0. The first-order valence-electron chi connectivity index (χ1n) is 3.99. The first-order valence-corrected chi connectivity index (χ1v) is 5.98. The average Bonchev–Trinajstić information content (AvgIpc) is 2.58. The van der Waals surface area contributed by atoms with Crippen molar-refractivity contribution in [2.45, 2.75) is 9.92 Å². The van der Waals surface area contributed by atoms with Crippen LogP contribution in [0.3, 0.4) is 0 Å². The zero-order valence-electron chi connectivity index (χ0n) is 7.69. The highest BCUT2D eigenvalue weighted by molar-refractivity contribution is 9.10. The van der Waals surface area contributed by atoms with E-state index in [1.165, 1.54) is 11.8 Å². The molecule has 0 spiro atoms. The molecule has 0 saturated carbocycles. The smallest absolute Gasteiger partial charge is 0.223 e. The molecule has 2 aromatic heterocycles. The van der Waals surface area contributed by atoms with Gasteiger partial charge in [-0.2, -0.15) is 5.10 Å². The van der Waals surface area contributed by atoms with Crippen molar-refractivity contribution < 1.29 is 0 Å². The molecule has 0 saturated heterocycles. The summed E-state index contributed by atoms with van der Waals surface area (Å²) in [4.78, 5) is 8.98. The van der Waals surface area contributed by atoms with Crippen LogP contribution in [0.15, 0.2) is 33.0 Å². The van der Waals surface area contributed by atoms with E-state index in [0.29, 0.717) is 0 Å². The molecule has 2 rings (SSSR count). The van der Waals surface area contributed by atoms with Crippen LogP contribution in [0.5, 0.6) is 0 Å². The van der Waals surface area contributed by atoms with E-state index in [0.717, 1.165) is 14.4 Å². The summed E-state index contributed by atoms with van der Waals surface area (Å²) in [5.41, 5.74) is 0. The monoisotopic (exact) mass is 304 g/mol. The van der Waals surface area contributed by atoms with Gasteiger partial charge in [-0.25, -0.2) is 9.97 Å². The number of hydrogen-bond donors (Lipinski definition) is 0. The minimum absolute atomic E-state index is 0.240. The summed E-state index contributed by atoms with van der Waals surface area (Å²) in [7, 11) is 1.87. The maximum absolute atomic E-state index is 5.71. The lowest BCUT2D eigenvalue weighted by Crippen LogP contribution is -1.86. The predicted molar refractivity (Wildman–Crippen MR) is 62.1 cm³/mol. The molecule has 0 fully saturated rings. The Bertz CT molecular complexity index is 487. The van der Waals surface area contributed by atoms with Crippen LogP contribution in [-0.4, -0.2) is 19.7 Å². The molecular weight excluding hydrogens is 300 g/mol. The van der Waals surface area contributed by atoms with Gasteiger partial charge in [0.1, 0.15) is 5.03 Å². The van der Waals surface area contributed by atoms with Crippen molar-refractivity contribution in [3.63, 3.8) is 0 Å². The molecule has 0 aromatic carbocycles. The fourth-order valence-corrected chi connectivity index (χ4v) is 2.39. The second-order valence-electron chi connectivity index (χ2n) is 2.74. The third-order valence-corrected chi connectivity index (χ3v) is 3.55. The molecular formula is C8H6BrClN4S. The summed E-state index contributed by atoms with van der Waals surface area (Å²) in [5.74, 6) is 0. The number of aryl methyl sites for hydroxylation is 1. The fraction of sp³-hybridized carbons (Fsp3) is 0.125. The average molecular weight is 306 g/mol. The van der Waals surface area contributed by atoms with E-state index < -0.39 is 0 Å². The van der Waals surface area contributed by atoms with Crippen molar-refractivity contribution >= 4 is 39.3 Å². The van der Waals surface area contributed by atoms with Crippen LogP contribution in [0.25, 0.3) is 0 Å². The highest BCUT2D eigenvalue weighted by Gasteiger charge is 2.07. The molecule has 0 aliphatic rings. The molecule has 15 heavy (non-hydrogen) atoms. The molecule has 0 atom stereocenters. The van der Waals surface area contributed by atoms with Crippen molar-refractivity contribution in [1.29, 1.82) is 0 Å². The third kappa shape index (κ3) is 2.70. The molecule has 78 valence electrons. The van der Waals surface area contributed by atoms with Crippen LogP contribution in [0.1, 0.15) is 0 Å². The van der Waals surface area contributed by atoms with Crippen LogP contribution in [0.4, 0.5) is 0 Å². The number of hydrogen-bond acceptors (Lipinski definition) is 4. The van der Waals surface area contributed by atoms with Crippen molar-refractivity contribution in [2.75, 3.05) is 0 Å². The van der Waals surface area contributed by atoms with E-state index in [1.807, 2.05) is 13.2 Å². The topological polar surface area (TPSA) is 43.6 Å². The second-order valence-corrected chi connectivity index (χ2v) is 5.00. The van der Waals surface area contributed by atoms with E-state index in [1.54, 1.807) is 17.1 Å². The Morgan fingerprint density at radius 2 is 2.27 bits per heavy atom. The van der Waals surface area contributed by atoms with Crippen molar-refractivity contribution in [3.05, 3.63) is 28.3 Å². The highest BCUT2D eigenvalue weighted by atomic mass is 79.9. The van der Waals surface area contributed by atoms with Gasteiger partial charge in [0.05, 0.1) is 15.6 Å². The Kier molecular flexibility index (Phi) is 3.28. The minimum atomic E-state index is 0.240. The summed E-state index contributed by atoms with van der Waals surface area (Å²) in [6.45, 7) is 0. The van der Waals surface area contributed by atoms with Gasteiger partial charge in [-0.1, -0.05) is 11.8 Å². The molecule has 0 aliphatic heterocycles. The minimum Gasteiger partial charge on any atom is -0.275 e. The maximum Gasteiger partial charge on any atom is 0.223 e. The van der Waals surface area contributed by atoms with Crippen LogP contribution in [0.2, 0.25) is 5.28 Å². The largest absolute Gasteiger partial charge is 0.275 e. The molecule has 2 heterocycles. The van der Waals surface area contributed by atoms with Gasteiger partial charge in [0.2, 0.25) is 5.28 Å². The van der Waals surface area contributed by atoms with Gasteiger partial charge >= 0.3 is 0 Å². The van der Waals surface area contributed by atoms with E-state index >= 15 is 0 Å². The van der Waals surface area contributed by atoms with Crippen LogP contribution in [-0.2, 0) is 7.05 Å². The van der Waals surface area contributed by atoms with Gasteiger partial charge in [0, 0.05) is 19.4 Å². The normalized spacial score (nSPS) is 10.6. The zero-order chi connectivity index (χ0) is 10.8. The molecule has 4 nitrogen and oxygen atoms in total. The lowest BCUT2D eigenvalue weighted by molar-refractivity contribution is 0.766. The van der Waals surface area contributed by atoms with Gasteiger partial charge in [0.15, 0.2) is 0 Å². The van der Waals surface area contributed by atoms with Crippen LogP contribution >= 0.6 is 39.3 Å². The Morgan fingerprint density at radius 3 is 2.93 bits per heavy atom. The van der Waals surface area contributed by atoms with Crippen LogP contribution < -0.4 is 0 Å². The fourth-order valence-electron chi connectivity index (χ4n) is 0.966. The Hall–Kier alpha value is -0.590. The van der Waals surface area contributed by atoms with E-state index in [9.17, 15) is 0 Å². The van der Waals surface area contributed by atoms with Gasteiger partial charge in [-0.3, -0.25) is 4.68 Å². The number of rotatable bonds is 2. The predicted octanol–water partition coefficient (Wildman–Crippen LogP) is 2.78. The van der Waals surface area contributed by atoms with Gasteiger partial charge in [-0.05, 0) is 27.5 Å². The number of nitrogens with zero attached hydrogens (tertiary/aromatic N) is 4. The molecule has 0 unspecified atom stereocenters. The first kappa shape index (κ1) is 10.9. The van der Waals surface area contributed by atoms with E-state index in [-0.39, 0.29) is 5.28 Å². The SMILES string of the molecule is Cn1cc(Sc2nc(Cl)ncc2Br)cn1. The molecule has 0 bridgehead atoms. The quantitative estimate of drug-likeness (QED) is 0.632. The lowest BCUT2D eigenvalue weighted by Gasteiger charge is -2.00. The molecule has 2 aromatic rings. The molecule has 0 amide bonds. The summed E-state index contributed by atoms with van der Waals surface area (Å²) in [6.07, 6.45) is 5.31. The summed E-state index contributed by atoms with van der Waals surface area (Å²) >= 11 is 10.6. The molecule has 0 N–H and O–H groups in total. The molecule has 0 aliphatic carbocycles. The Balaban J connectivity index is 2.27. The second kappa shape index (κ2) is 4.51. The van der Waals surface area contributed by atoms with E-state index in [4.69, 9.17) is 11.6 Å². The van der Waals surface area contributed by atoms with Crippen molar-refractivity contribution in [3.8, 4) is 0 Å². The lowest BCUT2D eigenvalue weighted by atomic mass is 10.7. The maximum atomic E-state index is 5.71. The summed E-state index contributed by atoms with van der Waals surface area (Å²) < 4.78 is 2.56. The Morgan fingerprint density at radius 1 is 1.47 bits per heavy atom. The molecule has 7 heteroatoms. The van der Waals surface area contributed by atoms with Crippen molar-refractivity contribution in [2.24, 2.45) is 7.05 Å². The Labute approximate surface area is 104 Å². The standard InChI is InChI=1S/C8H6BrClN4S/c1-14-4-5(2-12-14)15-7-6(9)3-11-8(10)13-7/h2-4H,1H3. The van der Waals surface area contributed by atoms with Crippen LogP contribution in [0, 0.1) is 0 Å². The first-order chi connectivity index (χ1) is 7.15. The summed E-state index contributed by atoms with van der Waals surface area (Å²) in [5, 5.41) is 5.09. The van der Waals surface area contributed by atoms with Gasteiger partial charge in [0.25, 0.3) is 0 Å². The third-order valence-electron chi connectivity index (χ3n) is 1.58. The zero-order valence-corrected chi connectivity index (χ0v) is 10.8. The molecule has 0 radical (unpaired) electrons. The van der Waals surface area contributed by atoms with Gasteiger partial charge in [-0.15, -0.1) is 0 Å².